The number of halogens is 2. The SMILES string of the molecule is C[Si](C)([c-]1ccc2ccccc21)[c-]1ccc2ccccc21.[Cl][Zr+2][Cl]. The first-order chi connectivity index (χ1) is 11.6. The standard InChI is InChI=1S/C20H18Si.2ClH.Zr/c1-21(2,19-13-11-15-7-3-5-9-17(15)19)20-14-12-16-8-4-6-10-18(16)20;;;/h3-14H,1-2H3;2*1H;/q-2;;;+4/p-2. The summed E-state index contributed by atoms with van der Waals surface area (Å²) in [5, 5.41) is 8.69. The van der Waals surface area contributed by atoms with Gasteiger partial charge in [-0.25, -0.2) is 0 Å². The van der Waals surface area contributed by atoms with Gasteiger partial charge in [0.2, 0.25) is 0 Å². The van der Waals surface area contributed by atoms with Gasteiger partial charge in [-0.05, 0) is 0 Å². The molecule has 0 unspecified atom stereocenters. The average molecular weight is 449 g/mol. The number of benzene rings is 2. The van der Waals surface area contributed by atoms with Gasteiger partial charge in [0.15, 0.2) is 0 Å². The molecule has 120 valence electrons. The molecular formula is C20H18Cl2SiZr. The van der Waals surface area contributed by atoms with Crippen LogP contribution in [0.2, 0.25) is 13.1 Å². The van der Waals surface area contributed by atoms with Gasteiger partial charge < -0.3 is 0 Å². The molecule has 0 aliphatic carbocycles. The zero-order valence-electron chi connectivity index (χ0n) is 13.7. The van der Waals surface area contributed by atoms with Crippen molar-refractivity contribution in [2.24, 2.45) is 0 Å². The minimum atomic E-state index is -1.68. The molecule has 0 atom stereocenters. The molecule has 0 saturated carbocycles. The zero-order chi connectivity index (χ0) is 17.2. The first kappa shape index (κ1) is 18.1. The Kier molecular flexibility index (Phi) is 5.82. The third-order valence-corrected chi connectivity index (χ3v) is 8.27. The molecule has 4 aromatic carbocycles. The molecule has 0 amide bonds. The molecule has 0 aromatic heterocycles. The predicted molar refractivity (Wildman–Crippen MR) is 108 cm³/mol. The minimum absolute atomic E-state index is 0.826. The molecule has 0 radical (unpaired) electrons. The van der Waals surface area contributed by atoms with Crippen molar-refractivity contribution in [1.82, 2.24) is 0 Å². The van der Waals surface area contributed by atoms with E-state index < -0.39 is 28.9 Å². The van der Waals surface area contributed by atoms with E-state index in [1.807, 2.05) is 0 Å². The fraction of sp³-hybridized carbons (Fsp3) is 0.100. The summed E-state index contributed by atoms with van der Waals surface area (Å²) in [4.78, 5) is 0. The van der Waals surface area contributed by atoms with Crippen LogP contribution >= 0.6 is 17.0 Å². The molecule has 0 spiro atoms. The van der Waals surface area contributed by atoms with E-state index in [2.05, 4.69) is 85.9 Å². The van der Waals surface area contributed by atoms with E-state index >= 15 is 0 Å². The Balaban J connectivity index is 0.000000526. The number of hydrogen-bond acceptors (Lipinski definition) is 0. The molecule has 0 fully saturated rings. The van der Waals surface area contributed by atoms with Crippen LogP contribution in [0.25, 0.3) is 21.5 Å². The third kappa shape index (κ3) is 3.35. The maximum absolute atomic E-state index is 4.93. The molecule has 0 nitrogen and oxygen atoms in total. The molecular weight excluding hydrogens is 430 g/mol. The summed E-state index contributed by atoms with van der Waals surface area (Å²) in [5.41, 5.74) is 0. The third-order valence-electron chi connectivity index (χ3n) is 4.71. The number of fused-ring (bicyclic) bond motifs is 2. The van der Waals surface area contributed by atoms with E-state index in [0.717, 1.165) is 0 Å². The second-order valence-electron chi connectivity index (χ2n) is 6.36. The van der Waals surface area contributed by atoms with Crippen molar-refractivity contribution in [3.05, 3.63) is 72.8 Å². The van der Waals surface area contributed by atoms with Gasteiger partial charge in [0.25, 0.3) is 0 Å². The van der Waals surface area contributed by atoms with Crippen molar-refractivity contribution in [2.45, 2.75) is 13.1 Å². The quantitative estimate of drug-likeness (QED) is 0.275. The van der Waals surface area contributed by atoms with Gasteiger partial charge in [0.05, 0.1) is 0 Å². The monoisotopic (exact) mass is 446 g/mol. The number of rotatable bonds is 2. The fourth-order valence-corrected chi connectivity index (χ4v) is 6.63. The Labute approximate surface area is 162 Å². The van der Waals surface area contributed by atoms with E-state index in [-0.39, 0.29) is 0 Å². The first-order valence-corrected chi connectivity index (χ1v) is 17.2. The van der Waals surface area contributed by atoms with Crippen LogP contribution < -0.4 is 10.4 Å². The van der Waals surface area contributed by atoms with Gasteiger partial charge in [-0.15, -0.1) is 68.3 Å². The molecule has 0 aliphatic heterocycles. The van der Waals surface area contributed by atoms with Crippen LogP contribution in [-0.2, 0) is 20.8 Å². The molecule has 0 bridgehead atoms. The van der Waals surface area contributed by atoms with Gasteiger partial charge in [-0.2, -0.15) is 24.3 Å². The molecule has 4 heteroatoms. The predicted octanol–water partition coefficient (Wildman–Crippen LogP) is 5.63. The second kappa shape index (κ2) is 7.70. The molecule has 24 heavy (non-hydrogen) atoms. The van der Waals surface area contributed by atoms with E-state index in [4.69, 9.17) is 17.0 Å². The number of hydrogen-bond donors (Lipinski definition) is 0. The van der Waals surface area contributed by atoms with Crippen molar-refractivity contribution in [3.8, 4) is 0 Å². The zero-order valence-corrected chi connectivity index (χ0v) is 18.7. The molecule has 0 aliphatic rings. The van der Waals surface area contributed by atoms with E-state index in [1.165, 1.54) is 21.5 Å². The maximum atomic E-state index is 4.93. The topological polar surface area (TPSA) is 0 Å². The van der Waals surface area contributed by atoms with Crippen LogP contribution in [0.5, 0.6) is 0 Å². The van der Waals surface area contributed by atoms with Gasteiger partial charge in [-0.1, -0.05) is 25.2 Å². The molecule has 0 saturated heterocycles. The summed E-state index contributed by atoms with van der Waals surface area (Å²) in [6, 6.07) is 26.7. The molecule has 0 N–H and O–H groups in total. The van der Waals surface area contributed by atoms with Crippen LogP contribution in [0, 0.1) is 0 Å². The summed E-state index contributed by atoms with van der Waals surface area (Å²) in [5.74, 6) is 0. The summed E-state index contributed by atoms with van der Waals surface area (Å²) < 4.78 is 0. The summed E-state index contributed by atoms with van der Waals surface area (Å²) in [6.45, 7) is 4.94. The van der Waals surface area contributed by atoms with Crippen LogP contribution in [0.15, 0.2) is 72.8 Å². The Morgan fingerprint density at radius 1 is 0.708 bits per heavy atom. The normalized spacial score (nSPS) is 11.2. The Bertz CT molecular complexity index is 876. The van der Waals surface area contributed by atoms with Crippen LogP contribution in [0.4, 0.5) is 0 Å². The fourth-order valence-electron chi connectivity index (χ4n) is 3.54. The van der Waals surface area contributed by atoms with Gasteiger partial charge in [-0.3, -0.25) is 0 Å². The second-order valence-corrected chi connectivity index (χ2v) is 14.4. The average Bonchev–Trinajstić information content (AvgIpc) is 3.20. The van der Waals surface area contributed by atoms with Crippen molar-refractivity contribution in [3.63, 3.8) is 0 Å². The molecule has 4 aromatic rings. The molecule has 0 heterocycles. The van der Waals surface area contributed by atoms with E-state index in [1.54, 1.807) is 10.4 Å². The van der Waals surface area contributed by atoms with Crippen LogP contribution in [0.1, 0.15) is 0 Å². The van der Waals surface area contributed by atoms with Gasteiger partial charge in [0.1, 0.15) is 0 Å². The molecule has 4 rings (SSSR count). The van der Waals surface area contributed by atoms with Gasteiger partial charge in [0, 0.05) is 8.07 Å². The van der Waals surface area contributed by atoms with E-state index in [9.17, 15) is 0 Å². The van der Waals surface area contributed by atoms with Crippen LogP contribution in [0.3, 0.4) is 0 Å². The summed E-state index contributed by atoms with van der Waals surface area (Å²) >= 11 is -0.826. The summed E-state index contributed by atoms with van der Waals surface area (Å²) in [6.07, 6.45) is 0. The van der Waals surface area contributed by atoms with Crippen LogP contribution in [-0.4, -0.2) is 8.07 Å². The van der Waals surface area contributed by atoms with Crippen molar-refractivity contribution < 1.29 is 20.8 Å². The van der Waals surface area contributed by atoms with Crippen molar-refractivity contribution in [1.29, 1.82) is 0 Å². The van der Waals surface area contributed by atoms with Gasteiger partial charge >= 0.3 is 37.9 Å². The van der Waals surface area contributed by atoms with Crippen molar-refractivity contribution in [2.75, 3.05) is 0 Å². The van der Waals surface area contributed by atoms with E-state index in [0.29, 0.717) is 0 Å². The Hall–Kier alpha value is -0.660. The Morgan fingerprint density at radius 3 is 1.50 bits per heavy atom. The Morgan fingerprint density at radius 2 is 1.08 bits per heavy atom. The van der Waals surface area contributed by atoms with Crippen molar-refractivity contribution >= 4 is 57.0 Å². The first-order valence-electron chi connectivity index (χ1n) is 7.85. The summed E-state index contributed by atoms with van der Waals surface area (Å²) in [7, 11) is 8.19.